The molecule has 3 heterocycles. The number of hydrogen-bond acceptors (Lipinski definition) is 1. The fraction of sp³-hybridized carbons (Fsp3) is 0.333. The van der Waals surface area contributed by atoms with Crippen molar-refractivity contribution in [2.75, 3.05) is 18.0 Å². The van der Waals surface area contributed by atoms with Crippen molar-refractivity contribution >= 4 is 18.9 Å². The Hall–Kier alpha value is -1.59. The lowest BCUT2D eigenvalue weighted by Gasteiger charge is -2.26. The number of allylic oxidation sites excluding steroid dienone is 2. The Bertz CT molecular complexity index is 739. The van der Waals surface area contributed by atoms with E-state index in [2.05, 4.69) is 78.6 Å². The molecule has 5 atom stereocenters. The van der Waals surface area contributed by atoms with Gasteiger partial charge in [0.05, 0.1) is 0 Å². The molecule has 2 aromatic rings. The largest absolute Gasteiger partial charge is 0.371 e. The molecule has 0 aromatic heterocycles. The third-order valence-electron chi connectivity index (χ3n) is 5.95. The number of nitrogens with zero attached hydrogens (tertiary/aromatic N) is 1. The SMILES string of the molecule is CC1=C[C@H]2[C@H]3CN(c4ccccc4)C[C@H]3[C@@H]1P2c1ccccc1. The quantitative estimate of drug-likeness (QED) is 0.590. The summed E-state index contributed by atoms with van der Waals surface area (Å²) in [6.07, 6.45) is 2.62. The molecule has 0 amide bonds. The molecular weight excluding hydrogens is 297 g/mol. The zero-order valence-corrected chi connectivity index (χ0v) is 14.4. The van der Waals surface area contributed by atoms with Crippen LogP contribution in [0.3, 0.4) is 0 Å². The number of para-hydroxylation sites is 1. The standard InChI is InChI=1S/C21H22NP/c1-15-12-20-18-13-22(16-8-4-2-5-9-16)14-19(18)21(15)23(20)17-10-6-3-7-11-17/h2-12,18-21H,13-14H2,1H3/t18-,19+,20-,21+,23?/m0/s1. The van der Waals surface area contributed by atoms with Crippen LogP contribution < -0.4 is 10.2 Å². The predicted octanol–water partition coefficient (Wildman–Crippen LogP) is 4.26. The molecule has 2 heteroatoms. The average molecular weight is 319 g/mol. The Morgan fingerprint density at radius 3 is 2.26 bits per heavy atom. The van der Waals surface area contributed by atoms with E-state index in [0.717, 1.165) is 23.2 Å². The van der Waals surface area contributed by atoms with Crippen LogP contribution in [-0.2, 0) is 0 Å². The van der Waals surface area contributed by atoms with Gasteiger partial charge in [-0.3, -0.25) is 0 Å². The first-order chi connectivity index (χ1) is 11.3. The van der Waals surface area contributed by atoms with Crippen molar-refractivity contribution < 1.29 is 0 Å². The van der Waals surface area contributed by atoms with Gasteiger partial charge in [0.25, 0.3) is 0 Å². The average Bonchev–Trinajstić information content (AvgIpc) is 3.24. The summed E-state index contributed by atoms with van der Waals surface area (Å²) in [5.41, 5.74) is 4.69. The normalized spacial score (nSPS) is 34.6. The van der Waals surface area contributed by atoms with Gasteiger partial charge in [0.1, 0.15) is 0 Å². The summed E-state index contributed by atoms with van der Waals surface area (Å²) in [6.45, 7) is 4.86. The Morgan fingerprint density at radius 2 is 1.52 bits per heavy atom. The molecule has 0 N–H and O–H groups in total. The second-order valence-electron chi connectivity index (χ2n) is 7.16. The van der Waals surface area contributed by atoms with Crippen LogP contribution in [0, 0.1) is 11.8 Å². The minimum Gasteiger partial charge on any atom is -0.371 e. The van der Waals surface area contributed by atoms with Gasteiger partial charge < -0.3 is 4.90 Å². The van der Waals surface area contributed by atoms with Gasteiger partial charge >= 0.3 is 0 Å². The Kier molecular flexibility index (Phi) is 3.13. The minimum absolute atomic E-state index is 0.0313. The smallest absolute Gasteiger partial charge is 0.0366 e. The first kappa shape index (κ1) is 13.8. The summed E-state index contributed by atoms with van der Waals surface area (Å²) in [6, 6.07) is 22.3. The van der Waals surface area contributed by atoms with Gasteiger partial charge in [-0.15, -0.1) is 0 Å². The fourth-order valence-electron chi connectivity index (χ4n) is 5.06. The molecule has 5 rings (SSSR count). The number of fused-ring (bicyclic) bond motifs is 5. The maximum absolute atomic E-state index is 2.62. The first-order valence-electron chi connectivity index (χ1n) is 8.64. The molecule has 1 nitrogen and oxygen atoms in total. The van der Waals surface area contributed by atoms with Crippen LogP contribution in [0.25, 0.3) is 0 Å². The predicted molar refractivity (Wildman–Crippen MR) is 100.0 cm³/mol. The second kappa shape index (κ2) is 5.21. The van der Waals surface area contributed by atoms with Gasteiger partial charge in [0.2, 0.25) is 0 Å². The molecule has 23 heavy (non-hydrogen) atoms. The summed E-state index contributed by atoms with van der Waals surface area (Å²) in [7, 11) is -0.0313. The molecule has 0 saturated carbocycles. The summed E-state index contributed by atoms with van der Waals surface area (Å²) >= 11 is 0. The van der Waals surface area contributed by atoms with E-state index in [1.165, 1.54) is 18.8 Å². The maximum atomic E-state index is 2.62. The van der Waals surface area contributed by atoms with Crippen LogP contribution in [0.1, 0.15) is 6.92 Å². The van der Waals surface area contributed by atoms with Crippen LogP contribution in [0.4, 0.5) is 5.69 Å². The molecule has 2 fully saturated rings. The number of benzene rings is 2. The zero-order chi connectivity index (χ0) is 15.4. The Labute approximate surface area is 139 Å². The number of anilines is 1. The minimum atomic E-state index is -0.0313. The molecule has 2 saturated heterocycles. The van der Waals surface area contributed by atoms with Crippen molar-refractivity contribution in [2.45, 2.75) is 18.2 Å². The monoisotopic (exact) mass is 319 g/mol. The topological polar surface area (TPSA) is 3.24 Å². The molecular formula is C21H22NP. The van der Waals surface area contributed by atoms with Crippen LogP contribution >= 0.6 is 7.92 Å². The van der Waals surface area contributed by atoms with Crippen molar-refractivity contribution in [3.8, 4) is 0 Å². The summed E-state index contributed by atoms with van der Waals surface area (Å²) in [4.78, 5) is 2.62. The number of rotatable bonds is 2. The van der Waals surface area contributed by atoms with E-state index in [0.29, 0.717) is 0 Å². The highest BCUT2D eigenvalue weighted by atomic mass is 31.1. The van der Waals surface area contributed by atoms with Crippen molar-refractivity contribution in [3.63, 3.8) is 0 Å². The van der Waals surface area contributed by atoms with Crippen LogP contribution in [0.15, 0.2) is 72.3 Å². The van der Waals surface area contributed by atoms with E-state index >= 15 is 0 Å². The van der Waals surface area contributed by atoms with Crippen LogP contribution in [0.2, 0.25) is 0 Å². The van der Waals surface area contributed by atoms with Gasteiger partial charge in [-0.05, 0) is 36.2 Å². The number of hydrogen-bond donors (Lipinski definition) is 0. The van der Waals surface area contributed by atoms with Crippen molar-refractivity contribution in [3.05, 3.63) is 72.3 Å². The van der Waals surface area contributed by atoms with Gasteiger partial charge in [0.15, 0.2) is 0 Å². The van der Waals surface area contributed by atoms with Crippen molar-refractivity contribution in [2.24, 2.45) is 11.8 Å². The van der Waals surface area contributed by atoms with Gasteiger partial charge in [-0.1, -0.05) is 68.1 Å². The third-order valence-corrected chi connectivity index (χ3v) is 9.41. The molecule has 3 aliphatic heterocycles. The van der Waals surface area contributed by atoms with Crippen molar-refractivity contribution in [1.82, 2.24) is 0 Å². The van der Waals surface area contributed by atoms with Gasteiger partial charge in [0, 0.05) is 30.1 Å². The van der Waals surface area contributed by atoms with E-state index in [4.69, 9.17) is 0 Å². The third kappa shape index (κ3) is 2.03. The highest BCUT2D eigenvalue weighted by molar-refractivity contribution is 7.68. The maximum Gasteiger partial charge on any atom is 0.0366 e. The Morgan fingerprint density at radius 1 is 0.870 bits per heavy atom. The van der Waals surface area contributed by atoms with Crippen LogP contribution in [0.5, 0.6) is 0 Å². The van der Waals surface area contributed by atoms with E-state index in [9.17, 15) is 0 Å². The second-order valence-corrected chi connectivity index (χ2v) is 9.64. The molecule has 2 aromatic carbocycles. The lowest BCUT2D eigenvalue weighted by molar-refractivity contribution is 0.447. The molecule has 2 bridgehead atoms. The summed E-state index contributed by atoms with van der Waals surface area (Å²) < 4.78 is 0. The van der Waals surface area contributed by atoms with Gasteiger partial charge in [-0.2, -0.15) is 0 Å². The lowest BCUT2D eigenvalue weighted by Crippen LogP contribution is -2.25. The first-order valence-corrected chi connectivity index (χ1v) is 10.1. The summed E-state index contributed by atoms with van der Waals surface area (Å²) in [5.74, 6) is 1.71. The van der Waals surface area contributed by atoms with Crippen molar-refractivity contribution in [1.29, 1.82) is 0 Å². The highest BCUT2D eigenvalue weighted by Gasteiger charge is 2.57. The molecule has 116 valence electrons. The van der Waals surface area contributed by atoms with E-state index < -0.39 is 0 Å². The molecule has 0 radical (unpaired) electrons. The molecule has 3 aliphatic rings. The molecule has 0 spiro atoms. The highest BCUT2D eigenvalue weighted by Crippen LogP contribution is 2.68. The van der Waals surface area contributed by atoms with Crippen LogP contribution in [-0.4, -0.2) is 24.4 Å². The van der Waals surface area contributed by atoms with E-state index in [-0.39, 0.29) is 7.92 Å². The van der Waals surface area contributed by atoms with Gasteiger partial charge in [-0.25, -0.2) is 0 Å². The fourth-order valence-corrected chi connectivity index (χ4v) is 8.99. The molecule has 0 aliphatic carbocycles. The van der Waals surface area contributed by atoms with E-state index in [1.54, 1.807) is 10.9 Å². The van der Waals surface area contributed by atoms with E-state index in [1.807, 2.05) is 0 Å². The Balaban J connectivity index is 1.46. The summed E-state index contributed by atoms with van der Waals surface area (Å²) in [5, 5.41) is 1.62. The zero-order valence-electron chi connectivity index (χ0n) is 13.5. The molecule has 1 unspecified atom stereocenters. The lowest BCUT2D eigenvalue weighted by atomic mass is 9.83.